The average Bonchev–Trinajstić information content (AvgIpc) is 2.39. The Labute approximate surface area is 108 Å². The van der Waals surface area contributed by atoms with Gasteiger partial charge in [0.25, 0.3) is 0 Å². The Balaban J connectivity index is 2.09. The van der Waals surface area contributed by atoms with Crippen LogP contribution in [0.2, 0.25) is 0 Å². The standard InChI is InChI=1S/C16H19NO/c1-3-13-7-9-14(10-8-13)12(2)17-15-5-4-6-16(18)11-15/h4-12,17-18H,3H2,1-2H3. The first-order chi connectivity index (χ1) is 8.69. The summed E-state index contributed by atoms with van der Waals surface area (Å²) in [4.78, 5) is 0. The third kappa shape index (κ3) is 3.04. The Hall–Kier alpha value is -1.96. The summed E-state index contributed by atoms with van der Waals surface area (Å²) in [6.45, 7) is 4.27. The lowest BCUT2D eigenvalue weighted by Crippen LogP contribution is -2.06. The van der Waals surface area contributed by atoms with Crippen molar-refractivity contribution in [3.63, 3.8) is 0 Å². The van der Waals surface area contributed by atoms with Crippen molar-refractivity contribution in [3.8, 4) is 5.75 Å². The van der Waals surface area contributed by atoms with Crippen LogP contribution in [0.25, 0.3) is 0 Å². The van der Waals surface area contributed by atoms with Gasteiger partial charge in [0, 0.05) is 17.8 Å². The van der Waals surface area contributed by atoms with Gasteiger partial charge in [-0.3, -0.25) is 0 Å². The molecule has 0 amide bonds. The maximum atomic E-state index is 9.42. The number of aromatic hydroxyl groups is 1. The molecule has 18 heavy (non-hydrogen) atoms. The molecule has 0 aliphatic rings. The number of anilines is 1. The first kappa shape index (κ1) is 12.5. The van der Waals surface area contributed by atoms with E-state index in [2.05, 4.69) is 43.4 Å². The SMILES string of the molecule is CCc1ccc(C(C)Nc2cccc(O)c2)cc1. The number of hydrogen-bond acceptors (Lipinski definition) is 2. The summed E-state index contributed by atoms with van der Waals surface area (Å²) in [5, 5.41) is 12.8. The number of nitrogens with one attached hydrogen (secondary N) is 1. The molecule has 0 spiro atoms. The van der Waals surface area contributed by atoms with E-state index in [1.54, 1.807) is 12.1 Å². The molecule has 2 aromatic rings. The molecule has 0 saturated heterocycles. The largest absolute Gasteiger partial charge is 0.508 e. The molecule has 2 aromatic carbocycles. The molecule has 2 N–H and O–H groups in total. The van der Waals surface area contributed by atoms with E-state index in [9.17, 15) is 5.11 Å². The summed E-state index contributed by atoms with van der Waals surface area (Å²) in [5.41, 5.74) is 3.53. The highest BCUT2D eigenvalue weighted by Gasteiger charge is 2.05. The Morgan fingerprint density at radius 1 is 1.11 bits per heavy atom. The van der Waals surface area contributed by atoms with Crippen LogP contribution in [0.5, 0.6) is 5.75 Å². The van der Waals surface area contributed by atoms with Gasteiger partial charge in [-0.2, -0.15) is 0 Å². The second-order valence-electron chi connectivity index (χ2n) is 4.51. The fraction of sp³-hybridized carbons (Fsp3) is 0.250. The third-order valence-electron chi connectivity index (χ3n) is 3.12. The third-order valence-corrected chi connectivity index (χ3v) is 3.12. The minimum absolute atomic E-state index is 0.220. The van der Waals surface area contributed by atoms with E-state index in [0.717, 1.165) is 12.1 Å². The molecule has 94 valence electrons. The number of aryl methyl sites for hydroxylation is 1. The van der Waals surface area contributed by atoms with E-state index in [-0.39, 0.29) is 11.8 Å². The van der Waals surface area contributed by atoms with Crippen LogP contribution < -0.4 is 5.32 Å². The van der Waals surface area contributed by atoms with Gasteiger partial charge in [0.2, 0.25) is 0 Å². The van der Waals surface area contributed by atoms with Crippen LogP contribution in [0.15, 0.2) is 48.5 Å². The second kappa shape index (κ2) is 5.58. The molecule has 0 radical (unpaired) electrons. The number of phenols is 1. The van der Waals surface area contributed by atoms with Crippen LogP contribution in [0, 0.1) is 0 Å². The molecule has 0 bridgehead atoms. The lowest BCUT2D eigenvalue weighted by Gasteiger charge is -2.16. The van der Waals surface area contributed by atoms with Gasteiger partial charge >= 0.3 is 0 Å². The van der Waals surface area contributed by atoms with Gasteiger partial charge in [0.05, 0.1) is 0 Å². The van der Waals surface area contributed by atoms with Crippen LogP contribution in [0.1, 0.15) is 31.0 Å². The summed E-state index contributed by atoms with van der Waals surface area (Å²) >= 11 is 0. The summed E-state index contributed by atoms with van der Waals surface area (Å²) < 4.78 is 0. The monoisotopic (exact) mass is 241 g/mol. The number of benzene rings is 2. The quantitative estimate of drug-likeness (QED) is 0.843. The van der Waals surface area contributed by atoms with Crippen molar-refractivity contribution < 1.29 is 5.11 Å². The van der Waals surface area contributed by atoms with Gasteiger partial charge in [-0.25, -0.2) is 0 Å². The molecule has 2 nitrogen and oxygen atoms in total. The Bertz CT molecular complexity index is 505. The topological polar surface area (TPSA) is 32.3 Å². The molecule has 0 aliphatic carbocycles. The van der Waals surface area contributed by atoms with Crippen molar-refractivity contribution in [2.75, 3.05) is 5.32 Å². The average molecular weight is 241 g/mol. The van der Waals surface area contributed by atoms with Crippen molar-refractivity contribution in [1.29, 1.82) is 0 Å². The van der Waals surface area contributed by atoms with E-state index in [1.807, 2.05) is 12.1 Å². The van der Waals surface area contributed by atoms with E-state index in [4.69, 9.17) is 0 Å². The molecule has 0 aromatic heterocycles. The molecule has 0 saturated carbocycles. The number of phenolic OH excluding ortho intramolecular Hbond substituents is 1. The van der Waals surface area contributed by atoms with E-state index >= 15 is 0 Å². The fourth-order valence-electron chi connectivity index (χ4n) is 1.97. The van der Waals surface area contributed by atoms with Gasteiger partial charge in [-0.1, -0.05) is 37.3 Å². The van der Waals surface area contributed by atoms with Crippen molar-refractivity contribution in [3.05, 3.63) is 59.7 Å². The van der Waals surface area contributed by atoms with Crippen molar-refractivity contribution >= 4 is 5.69 Å². The zero-order valence-corrected chi connectivity index (χ0v) is 10.9. The van der Waals surface area contributed by atoms with Gasteiger partial charge in [0.1, 0.15) is 5.75 Å². The molecule has 2 heteroatoms. The van der Waals surface area contributed by atoms with E-state index in [1.165, 1.54) is 11.1 Å². The Morgan fingerprint density at radius 3 is 2.44 bits per heavy atom. The summed E-state index contributed by atoms with van der Waals surface area (Å²) in [5.74, 6) is 0.286. The van der Waals surface area contributed by atoms with Crippen LogP contribution in [0.3, 0.4) is 0 Å². The van der Waals surface area contributed by atoms with Gasteiger partial charge in [-0.15, -0.1) is 0 Å². The second-order valence-corrected chi connectivity index (χ2v) is 4.51. The lowest BCUT2D eigenvalue weighted by molar-refractivity contribution is 0.475. The molecule has 0 fully saturated rings. The van der Waals surface area contributed by atoms with Crippen molar-refractivity contribution in [2.45, 2.75) is 26.3 Å². The van der Waals surface area contributed by atoms with Crippen molar-refractivity contribution in [2.24, 2.45) is 0 Å². The minimum atomic E-state index is 0.220. The predicted molar refractivity (Wildman–Crippen MR) is 76.0 cm³/mol. The summed E-state index contributed by atoms with van der Waals surface area (Å²) in [6.07, 6.45) is 1.06. The highest BCUT2D eigenvalue weighted by molar-refractivity contribution is 5.49. The van der Waals surface area contributed by atoms with Crippen molar-refractivity contribution in [1.82, 2.24) is 0 Å². The first-order valence-corrected chi connectivity index (χ1v) is 6.33. The highest BCUT2D eigenvalue weighted by atomic mass is 16.3. The van der Waals surface area contributed by atoms with E-state index in [0.29, 0.717) is 0 Å². The lowest BCUT2D eigenvalue weighted by atomic mass is 10.0. The zero-order chi connectivity index (χ0) is 13.0. The molecule has 0 aliphatic heterocycles. The van der Waals surface area contributed by atoms with Crippen LogP contribution in [-0.2, 0) is 6.42 Å². The first-order valence-electron chi connectivity index (χ1n) is 6.33. The highest BCUT2D eigenvalue weighted by Crippen LogP contribution is 2.22. The Morgan fingerprint density at radius 2 is 1.83 bits per heavy atom. The van der Waals surface area contributed by atoms with Crippen LogP contribution >= 0.6 is 0 Å². The molecule has 1 unspecified atom stereocenters. The summed E-state index contributed by atoms with van der Waals surface area (Å²) in [6, 6.07) is 16.0. The minimum Gasteiger partial charge on any atom is -0.508 e. The van der Waals surface area contributed by atoms with Gasteiger partial charge < -0.3 is 10.4 Å². The smallest absolute Gasteiger partial charge is 0.117 e. The van der Waals surface area contributed by atoms with E-state index < -0.39 is 0 Å². The molecule has 2 rings (SSSR count). The number of rotatable bonds is 4. The normalized spacial score (nSPS) is 12.1. The van der Waals surface area contributed by atoms with Crippen LogP contribution in [-0.4, -0.2) is 5.11 Å². The molecule has 1 atom stereocenters. The van der Waals surface area contributed by atoms with Gasteiger partial charge in [-0.05, 0) is 36.6 Å². The predicted octanol–water partition coefficient (Wildman–Crippen LogP) is 4.13. The molecular weight excluding hydrogens is 222 g/mol. The molecule has 0 heterocycles. The maximum Gasteiger partial charge on any atom is 0.117 e. The molecular formula is C16H19NO. The van der Waals surface area contributed by atoms with Gasteiger partial charge in [0.15, 0.2) is 0 Å². The van der Waals surface area contributed by atoms with Crippen LogP contribution in [0.4, 0.5) is 5.69 Å². The maximum absolute atomic E-state index is 9.42. The fourth-order valence-corrected chi connectivity index (χ4v) is 1.97. The Kier molecular flexibility index (Phi) is 3.88. The summed E-state index contributed by atoms with van der Waals surface area (Å²) in [7, 11) is 0. The number of hydrogen-bond donors (Lipinski definition) is 2. The zero-order valence-electron chi connectivity index (χ0n) is 10.9.